The lowest BCUT2D eigenvalue weighted by molar-refractivity contribution is 0.0920. The van der Waals surface area contributed by atoms with E-state index in [1.165, 1.54) is 19.2 Å². The highest BCUT2D eigenvalue weighted by atomic mass is 16.5. The number of carbonyl (C=O) groups is 3. The molecule has 2 rings (SSSR count). The van der Waals surface area contributed by atoms with E-state index in [-0.39, 0.29) is 11.3 Å². The second-order valence-corrected chi connectivity index (χ2v) is 6.93. The van der Waals surface area contributed by atoms with Gasteiger partial charge in [0, 0.05) is 16.8 Å². The van der Waals surface area contributed by atoms with Crippen LogP contribution in [0.25, 0.3) is 0 Å². The van der Waals surface area contributed by atoms with Crippen molar-refractivity contribution in [1.82, 2.24) is 10.9 Å². The largest absolute Gasteiger partial charge is 0.452 e. The summed E-state index contributed by atoms with van der Waals surface area (Å²) in [5.74, 6) is -0.740. The molecule has 2 aromatic carbocycles. The van der Waals surface area contributed by atoms with Crippen LogP contribution in [-0.4, -0.2) is 25.0 Å². The van der Waals surface area contributed by atoms with Crippen molar-refractivity contribution < 1.29 is 19.1 Å². The molecule has 0 atom stereocenters. The second kappa shape index (κ2) is 8.35. The molecule has 0 aliphatic carbocycles. The average molecular weight is 369 g/mol. The van der Waals surface area contributed by atoms with Gasteiger partial charge in [0.25, 0.3) is 11.8 Å². The number of carbonyl (C=O) groups excluding carboxylic acids is 3. The van der Waals surface area contributed by atoms with Crippen LogP contribution >= 0.6 is 0 Å². The van der Waals surface area contributed by atoms with Gasteiger partial charge >= 0.3 is 6.09 Å². The summed E-state index contributed by atoms with van der Waals surface area (Å²) in [5, 5.41) is 2.78. The number of anilines is 1. The monoisotopic (exact) mass is 369 g/mol. The van der Waals surface area contributed by atoms with E-state index in [1.807, 2.05) is 12.1 Å². The summed E-state index contributed by atoms with van der Waals surface area (Å²) in [6.45, 7) is 6.33. The summed E-state index contributed by atoms with van der Waals surface area (Å²) in [4.78, 5) is 35.2. The number of methoxy groups -OCH3 is 1. The molecule has 0 aliphatic rings. The van der Waals surface area contributed by atoms with Crippen molar-refractivity contribution in [2.24, 2.45) is 0 Å². The number of amides is 3. The molecule has 0 saturated carbocycles. The van der Waals surface area contributed by atoms with E-state index in [2.05, 4.69) is 41.7 Å². The van der Waals surface area contributed by atoms with Gasteiger partial charge in [0.15, 0.2) is 0 Å². The summed E-state index contributed by atoms with van der Waals surface area (Å²) < 4.78 is 4.35. The SMILES string of the molecule is COC(=O)NNC(=O)c1ccc(NC(=O)c2ccc(C(C)(C)C)cc2)cc1. The lowest BCUT2D eigenvalue weighted by Gasteiger charge is -2.19. The average Bonchev–Trinajstić information content (AvgIpc) is 2.65. The van der Waals surface area contributed by atoms with E-state index >= 15 is 0 Å². The molecule has 142 valence electrons. The van der Waals surface area contributed by atoms with Crippen molar-refractivity contribution in [3.05, 3.63) is 65.2 Å². The molecule has 27 heavy (non-hydrogen) atoms. The highest BCUT2D eigenvalue weighted by Crippen LogP contribution is 2.22. The fourth-order valence-corrected chi connectivity index (χ4v) is 2.26. The molecule has 0 unspecified atom stereocenters. The zero-order valence-corrected chi connectivity index (χ0v) is 15.8. The lowest BCUT2D eigenvalue weighted by Crippen LogP contribution is -2.41. The molecule has 0 fully saturated rings. The predicted molar refractivity (Wildman–Crippen MR) is 103 cm³/mol. The maximum atomic E-state index is 12.4. The molecule has 2 aromatic rings. The first kappa shape index (κ1) is 20.0. The van der Waals surface area contributed by atoms with Gasteiger partial charge in [-0.15, -0.1) is 0 Å². The molecule has 0 heterocycles. The van der Waals surface area contributed by atoms with Crippen LogP contribution in [0.5, 0.6) is 0 Å². The molecular weight excluding hydrogens is 346 g/mol. The summed E-state index contributed by atoms with van der Waals surface area (Å²) in [7, 11) is 1.19. The van der Waals surface area contributed by atoms with Crippen LogP contribution in [0, 0.1) is 0 Å². The highest BCUT2D eigenvalue weighted by Gasteiger charge is 2.14. The van der Waals surface area contributed by atoms with Gasteiger partial charge in [0.2, 0.25) is 0 Å². The number of rotatable bonds is 3. The first-order chi connectivity index (χ1) is 12.7. The Bertz CT molecular complexity index is 822. The number of nitrogens with one attached hydrogen (secondary N) is 3. The molecule has 7 nitrogen and oxygen atoms in total. The topological polar surface area (TPSA) is 96.5 Å². The van der Waals surface area contributed by atoms with E-state index in [0.29, 0.717) is 16.8 Å². The molecular formula is C20H23N3O4. The van der Waals surface area contributed by atoms with Gasteiger partial charge in [0.1, 0.15) is 0 Å². The number of hydrogen-bond donors (Lipinski definition) is 3. The highest BCUT2D eigenvalue weighted by molar-refractivity contribution is 6.04. The van der Waals surface area contributed by atoms with E-state index in [4.69, 9.17) is 0 Å². The molecule has 0 bridgehead atoms. The Labute approximate surface area is 158 Å². The Morgan fingerprint density at radius 1 is 0.778 bits per heavy atom. The lowest BCUT2D eigenvalue weighted by atomic mass is 9.87. The normalized spacial score (nSPS) is 10.7. The maximum Gasteiger partial charge on any atom is 0.425 e. The number of benzene rings is 2. The van der Waals surface area contributed by atoms with Crippen molar-refractivity contribution in [3.8, 4) is 0 Å². The Hall–Kier alpha value is -3.35. The van der Waals surface area contributed by atoms with Crippen LogP contribution in [0.2, 0.25) is 0 Å². The van der Waals surface area contributed by atoms with Crippen molar-refractivity contribution in [1.29, 1.82) is 0 Å². The quantitative estimate of drug-likeness (QED) is 0.724. The molecule has 7 heteroatoms. The van der Waals surface area contributed by atoms with Gasteiger partial charge in [0.05, 0.1) is 7.11 Å². The standard InChI is InChI=1S/C20H23N3O4/c1-20(2,3)15-9-5-13(6-10-15)17(24)21-16-11-7-14(8-12-16)18(25)22-23-19(26)27-4/h5-12H,1-4H3,(H,21,24)(H,22,25)(H,23,26). The molecule has 0 spiro atoms. The van der Waals surface area contributed by atoms with Gasteiger partial charge in [-0.3, -0.25) is 15.0 Å². The van der Waals surface area contributed by atoms with Crippen molar-refractivity contribution in [2.75, 3.05) is 12.4 Å². The molecule has 0 saturated heterocycles. The minimum Gasteiger partial charge on any atom is -0.452 e. The van der Waals surface area contributed by atoms with Crippen LogP contribution < -0.4 is 16.2 Å². The summed E-state index contributed by atoms with van der Waals surface area (Å²) >= 11 is 0. The summed E-state index contributed by atoms with van der Waals surface area (Å²) in [6, 6.07) is 13.7. The van der Waals surface area contributed by atoms with E-state index in [1.54, 1.807) is 24.3 Å². The molecule has 0 aromatic heterocycles. The third kappa shape index (κ3) is 5.57. The van der Waals surface area contributed by atoms with E-state index in [0.717, 1.165) is 5.56 Å². The van der Waals surface area contributed by atoms with E-state index in [9.17, 15) is 14.4 Å². The Balaban J connectivity index is 1.98. The van der Waals surface area contributed by atoms with Crippen LogP contribution in [0.3, 0.4) is 0 Å². The fraction of sp³-hybridized carbons (Fsp3) is 0.250. The van der Waals surface area contributed by atoms with Gasteiger partial charge in [-0.2, -0.15) is 0 Å². The van der Waals surface area contributed by atoms with Crippen LogP contribution in [-0.2, 0) is 10.2 Å². The third-order valence-electron chi connectivity index (χ3n) is 3.88. The van der Waals surface area contributed by atoms with Crippen molar-refractivity contribution in [3.63, 3.8) is 0 Å². The summed E-state index contributed by atoms with van der Waals surface area (Å²) in [6.07, 6.45) is -0.773. The Kier molecular flexibility index (Phi) is 6.18. The minimum atomic E-state index is -0.773. The fourth-order valence-electron chi connectivity index (χ4n) is 2.26. The first-order valence-electron chi connectivity index (χ1n) is 8.37. The zero-order valence-electron chi connectivity index (χ0n) is 15.8. The number of hydrazine groups is 1. The number of hydrogen-bond acceptors (Lipinski definition) is 4. The van der Waals surface area contributed by atoms with Crippen molar-refractivity contribution in [2.45, 2.75) is 26.2 Å². The molecule has 0 aliphatic heterocycles. The third-order valence-corrected chi connectivity index (χ3v) is 3.88. The van der Waals surface area contributed by atoms with Gasteiger partial charge < -0.3 is 10.1 Å². The predicted octanol–water partition coefficient (Wildman–Crippen LogP) is 3.24. The minimum absolute atomic E-state index is 0.0220. The Morgan fingerprint density at radius 3 is 1.81 bits per heavy atom. The van der Waals surface area contributed by atoms with Gasteiger partial charge in [-0.1, -0.05) is 32.9 Å². The molecule has 3 N–H and O–H groups in total. The smallest absolute Gasteiger partial charge is 0.425 e. The van der Waals surface area contributed by atoms with Gasteiger partial charge in [-0.05, 0) is 47.4 Å². The maximum absolute atomic E-state index is 12.4. The zero-order chi connectivity index (χ0) is 20.0. The van der Waals surface area contributed by atoms with Gasteiger partial charge in [-0.25, -0.2) is 10.2 Å². The van der Waals surface area contributed by atoms with Crippen LogP contribution in [0.15, 0.2) is 48.5 Å². The second-order valence-electron chi connectivity index (χ2n) is 6.93. The number of ether oxygens (including phenoxy) is 1. The van der Waals surface area contributed by atoms with Crippen LogP contribution in [0.1, 0.15) is 47.1 Å². The summed E-state index contributed by atoms with van der Waals surface area (Å²) in [5.41, 5.74) is 6.88. The molecule has 3 amide bonds. The molecule has 0 radical (unpaired) electrons. The first-order valence-corrected chi connectivity index (χ1v) is 8.37. The Morgan fingerprint density at radius 2 is 1.30 bits per heavy atom. The van der Waals surface area contributed by atoms with Crippen LogP contribution in [0.4, 0.5) is 10.5 Å². The van der Waals surface area contributed by atoms with Crippen molar-refractivity contribution >= 4 is 23.6 Å². The van der Waals surface area contributed by atoms with E-state index < -0.39 is 12.0 Å².